The number of ether oxygens (including phenoxy) is 1. The molecule has 1 aromatic carbocycles. The highest BCUT2D eigenvalue weighted by molar-refractivity contribution is 7.15. The van der Waals surface area contributed by atoms with E-state index in [9.17, 15) is 9.59 Å². The molecule has 6 nitrogen and oxygen atoms in total. The van der Waals surface area contributed by atoms with E-state index in [1.165, 1.54) is 11.3 Å². The first-order valence-corrected chi connectivity index (χ1v) is 8.73. The minimum absolute atomic E-state index is 0.0588. The van der Waals surface area contributed by atoms with Gasteiger partial charge in [-0.3, -0.25) is 10.1 Å². The Kier molecular flexibility index (Phi) is 5.01. The van der Waals surface area contributed by atoms with Crippen LogP contribution in [0.1, 0.15) is 27.9 Å². The predicted octanol–water partition coefficient (Wildman–Crippen LogP) is 3.56. The molecule has 3 rings (SSSR count). The summed E-state index contributed by atoms with van der Waals surface area (Å²) in [5, 5.41) is 3.64. The van der Waals surface area contributed by atoms with Crippen LogP contribution in [0.4, 0.5) is 9.93 Å². The van der Waals surface area contributed by atoms with E-state index in [0.29, 0.717) is 41.8 Å². The molecule has 1 N–H and O–H groups in total. The summed E-state index contributed by atoms with van der Waals surface area (Å²) in [7, 11) is 0. The van der Waals surface area contributed by atoms with Gasteiger partial charge in [-0.15, -0.1) is 0 Å². The van der Waals surface area contributed by atoms with Crippen LogP contribution in [0.2, 0.25) is 5.02 Å². The van der Waals surface area contributed by atoms with Crippen molar-refractivity contribution in [3.05, 3.63) is 45.4 Å². The van der Waals surface area contributed by atoms with Crippen molar-refractivity contribution in [3.8, 4) is 0 Å². The Bertz CT molecular complexity index is 778. The van der Waals surface area contributed by atoms with Gasteiger partial charge >= 0.3 is 6.09 Å². The third kappa shape index (κ3) is 3.68. The second kappa shape index (κ2) is 7.19. The van der Waals surface area contributed by atoms with Crippen LogP contribution in [-0.4, -0.2) is 35.0 Å². The Balaban J connectivity index is 1.71. The molecule has 1 aromatic heterocycles. The van der Waals surface area contributed by atoms with Crippen molar-refractivity contribution >= 4 is 40.1 Å². The average Bonchev–Trinajstić information content (AvgIpc) is 2.95. The van der Waals surface area contributed by atoms with E-state index in [0.717, 1.165) is 10.6 Å². The van der Waals surface area contributed by atoms with E-state index < -0.39 is 6.09 Å². The summed E-state index contributed by atoms with van der Waals surface area (Å²) in [5.41, 5.74) is 1.49. The lowest BCUT2D eigenvalue weighted by atomic mass is 10.1. The molecule has 0 spiro atoms. The number of aromatic nitrogens is 1. The number of rotatable bonds is 3. The van der Waals surface area contributed by atoms with Crippen molar-refractivity contribution in [2.24, 2.45) is 0 Å². The second-order valence-corrected chi connectivity index (χ2v) is 6.74. The van der Waals surface area contributed by atoms with Gasteiger partial charge in [-0.1, -0.05) is 29.0 Å². The van der Waals surface area contributed by atoms with Gasteiger partial charge in [0, 0.05) is 28.4 Å². The lowest BCUT2D eigenvalue weighted by Crippen LogP contribution is -2.35. The van der Waals surface area contributed by atoms with Crippen LogP contribution < -0.4 is 5.32 Å². The van der Waals surface area contributed by atoms with Gasteiger partial charge in [-0.05, 0) is 25.1 Å². The zero-order valence-corrected chi connectivity index (χ0v) is 14.6. The molecule has 0 unspecified atom stereocenters. The summed E-state index contributed by atoms with van der Waals surface area (Å²) in [6.45, 7) is 3.11. The SMILES string of the molecule is CCOC(=O)Nc1nc2c(s1)CN(C(=O)c1cccc(Cl)c1)CC2. The summed E-state index contributed by atoms with van der Waals surface area (Å²) in [6.07, 6.45) is 0.137. The van der Waals surface area contributed by atoms with Gasteiger partial charge in [0.05, 0.1) is 18.8 Å². The fourth-order valence-corrected chi connectivity index (χ4v) is 3.68. The van der Waals surface area contributed by atoms with E-state index in [2.05, 4.69) is 10.3 Å². The molecule has 0 radical (unpaired) electrons. The van der Waals surface area contributed by atoms with Gasteiger partial charge in [0.1, 0.15) is 0 Å². The van der Waals surface area contributed by atoms with Gasteiger partial charge in [-0.25, -0.2) is 9.78 Å². The summed E-state index contributed by atoms with van der Waals surface area (Å²) >= 11 is 7.32. The molecule has 0 saturated heterocycles. The Morgan fingerprint density at radius 3 is 3.04 bits per heavy atom. The van der Waals surface area contributed by atoms with Crippen molar-refractivity contribution in [3.63, 3.8) is 0 Å². The smallest absolute Gasteiger partial charge is 0.413 e. The molecule has 0 bridgehead atoms. The number of carbonyl (C=O) groups excluding carboxylic acids is 2. The molecule has 0 fully saturated rings. The maximum atomic E-state index is 12.6. The number of benzene rings is 1. The number of nitrogens with zero attached hydrogens (tertiary/aromatic N) is 2. The first-order chi connectivity index (χ1) is 11.6. The number of nitrogens with one attached hydrogen (secondary N) is 1. The van der Waals surface area contributed by atoms with Crippen molar-refractivity contribution in [2.75, 3.05) is 18.5 Å². The molecule has 1 aliphatic rings. The molecule has 1 aliphatic heterocycles. The lowest BCUT2D eigenvalue weighted by molar-refractivity contribution is 0.0736. The summed E-state index contributed by atoms with van der Waals surface area (Å²) in [6, 6.07) is 6.92. The second-order valence-electron chi connectivity index (χ2n) is 5.22. The van der Waals surface area contributed by atoms with Gasteiger partial charge in [0.25, 0.3) is 5.91 Å². The molecule has 24 heavy (non-hydrogen) atoms. The Morgan fingerprint density at radius 1 is 1.46 bits per heavy atom. The standard InChI is InChI=1S/C16H16ClN3O3S/c1-2-23-16(22)19-15-18-12-6-7-20(9-13(12)24-15)14(21)10-4-3-5-11(17)8-10/h3-5,8H,2,6-7,9H2,1H3,(H,18,19,22). The molecule has 126 valence electrons. The van der Waals surface area contributed by atoms with E-state index in [4.69, 9.17) is 16.3 Å². The lowest BCUT2D eigenvalue weighted by Gasteiger charge is -2.26. The number of hydrogen-bond donors (Lipinski definition) is 1. The third-order valence-corrected chi connectivity index (χ3v) is 4.81. The summed E-state index contributed by atoms with van der Waals surface area (Å²) in [4.78, 5) is 31.2. The highest BCUT2D eigenvalue weighted by Gasteiger charge is 2.25. The highest BCUT2D eigenvalue weighted by atomic mass is 35.5. The summed E-state index contributed by atoms with van der Waals surface area (Å²) in [5.74, 6) is -0.0588. The Morgan fingerprint density at radius 2 is 2.29 bits per heavy atom. The predicted molar refractivity (Wildman–Crippen MR) is 92.7 cm³/mol. The first kappa shape index (κ1) is 16.7. The number of thiazole rings is 1. The zero-order valence-electron chi connectivity index (χ0n) is 13.0. The molecule has 0 saturated carbocycles. The maximum absolute atomic E-state index is 12.6. The quantitative estimate of drug-likeness (QED) is 0.902. The van der Waals surface area contributed by atoms with E-state index in [-0.39, 0.29) is 5.91 Å². The largest absolute Gasteiger partial charge is 0.450 e. The number of carbonyl (C=O) groups is 2. The highest BCUT2D eigenvalue weighted by Crippen LogP contribution is 2.29. The maximum Gasteiger partial charge on any atom is 0.413 e. The van der Waals surface area contributed by atoms with Crippen LogP contribution in [-0.2, 0) is 17.7 Å². The van der Waals surface area contributed by atoms with Gasteiger partial charge < -0.3 is 9.64 Å². The zero-order chi connectivity index (χ0) is 17.1. The average molecular weight is 366 g/mol. The van der Waals surface area contributed by atoms with Crippen molar-refractivity contribution < 1.29 is 14.3 Å². The molecule has 0 atom stereocenters. The molecule has 8 heteroatoms. The van der Waals surface area contributed by atoms with Crippen LogP contribution in [0.15, 0.2) is 24.3 Å². The van der Waals surface area contributed by atoms with E-state index in [1.54, 1.807) is 36.1 Å². The van der Waals surface area contributed by atoms with Crippen LogP contribution >= 0.6 is 22.9 Å². The van der Waals surface area contributed by atoms with E-state index >= 15 is 0 Å². The van der Waals surface area contributed by atoms with Crippen LogP contribution in [0, 0.1) is 0 Å². The number of fused-ring (bicyclic) bond motifs is 1. The third-order valence-electron chi connectivity index (χ3n) is 3.57. The minimum atomic E-state index is -0.518. The fourth-order valence-electron chi connectivity index (χ4n) is 2.48. The first-order valence-electron chi connectivity index (χ1n) is 7.54. The van der Waals surface area contributed by atoms with Gasteiger partial charge in [0.2, 0.25) is 0 Å². The number of halogens is 1. The number of hydrogen-bond acceptors (Lipinski definition) is 5. The van der Waals surface area contributed by atoms with Crippen LogP contribution in [0.5, 0.6) is 0 Å². The monoisotopic (exact) mass is 365 g/mol. The van der Waals surface area contributed by atoms with Crippen molar-refractivity contribution in [1.29, 1.82) is 0 Å². The van der Waals surface area contributed by atoms with Crippen LogP contribution in [0.3, 0.4) is 0 Å². The number of amides is 2. The molecule has 2 heterocycles. The minimum Gasteiger partial charge on any atom is -0.450 e. The van der Waals surface area contributed by atoms with Crippen LogP contribution in [0.25, 0.3) is 0 Å². The molecule has 0 aliphatic carbocycles. The Hall–Kier alpha value is -2.12. The molecule has 2 aromatic rings. The van der Waals surface area contributed by atoms with E-state index in [1.807, 2.05) is 0 Å². The Labute approximate surface area is 148 Å². The number of anilines is 1. The molecule has 2 amide bonds. The van der Waals surface area contributed by atoms with Gasteiger partial charge in [-0.2, -0.15) is 0 Å². The van der Waals surface area contributed by atoms with Gasteiger partial charge in [0.15, 0.2) is 5.13 Å². The normalized spacial score (nSPS) is 13.3. The molecular formula is C16H16ClN3O3S. The fraction of sp³-hybridized carbons (Fsp3) is 0.312. The summed E-state index contributed by atoms with van der Waals surface area (Å²) < 4.78 is 4.85. The topological polar surface area (TPSA) is 71.5 Å². The van der Waals surface area contributed by atoms with Crippen molar-refractivity contribution in [1.82, 2.24) is 9.88 Å². The molecular weight excluding hydrogens is 350 g/mol. The van der Waals surface area contributed by atoms with Crippen molar-refractivity contribution in [2.45, 2.75) is 19.9 Å².